The number of aliphatic carboxylic acids is 1. The standard InChI is InChI=1S/C26H32O4/c1-15-8-10-19(20-13-16(20)2)23(22(15)24(25(27)28)30-26(3,4)5)18-9-11-21-17(14-18)7-6-12-29-21/h8-11,14,16,20,24H,6-7,12-13H2,1-5H3,(H,27,28). The number of ether oxygens (including phenoxy) is 2. The van der Waals surface area contributed by atoms with Crippen LogP contribution in [0.3, 0.4) is 0 Å². The van der Waals surface area contributed by atoms with Crippen LogP contribution >= 0.6 is 0 Å². The highest BCUT2D eigenvalue weighted by Gasteiger charge is 2.39. The Bertz CT molecular complexity index is 970. The minimum atomic E-state index is -1.01. The van der Waals surface area contributed by atoms with Crippen molar-refractivity contribution in [2.75, 3.05) is 6.61 Å². The van der Waals surface area contributed by atoms with Gasteiger partial charge in [0.25, 0.3) is 0 Å². The van der Waals surface area contributed by atoms with E-state index >= 15 is 0 Å². The molecule has 4 rings (SSSR count). The molecule has 2 aliphatic rings. The van der Waals surface area contributed by atoms with E-state index in [2.05, 4.69) is 31.2 Å². The first-order valence-electron chi connectivity index (χ1n) is 11.0. The zero-order chi connectivity index (χ0) is 21.6. The van der Waals surface area contributed by atoms with Crippen LogP contribution in [0.5, 0.6) is 5.75 Å². The van der Waals surface area contributed by atoms with Gasteiger partial charge in [0.05, 0.1) is 12.2 Å². The molecule has 0 saturated heterocycles. The number of hydrogen-bond donors (Lipinski definition) is 1. The van der Waals surface area contributed by atoms with Crippen molar-refractivity contribution in [1.82, 2.24) is 0 Å². The van der Waals surface area contributed by atoms with E-state index in [1.165, 1.54) is 11.1 Å². The van der Waals surface area contributed by atoms with Gasteiger partial charge in [-0.1, -0.05) is 25.1 Å². The van der Waals surface area contributed by atoms with Crippen molar-refractivity contribution in [1.29, 1.82) is 0 Å². The predicted molar refractivity (Wildman–Crippen MR) is 118 cm³/mol. The van der Waals surface area contributed by atoms with E-state index in [0.717, 1.165) is 53.9 Å². The van der Waals surface area contributed by atoms with Crippen molar-refractivity contribution < 1.29 is 19.4 Å². The minimum absolute atomic E-state index is 0.468. The van der Waals surface area contributed by atoms with Crippen LogP contribution in [0.2, 0.25) is 0 Å². The normalized spacial score (nSPS) is 21.5. The van der Waals surface area contributed by atoms with Crippen LogP contribution in [0.15, 0.2) is 30.3 Å². The largest absolute Gasteiger partial charge is 0.493 e. The maximum Gasteiger partial charge on any atom is 0.337 e. The van der Waals surface area contributed by atoms with E-state index in [-0.39, 0.29) is 0 Å². The third-order valence-electron chi connectivity index (χ3n) is 6.16. The Labute approximate surface area is 179 Å². The van der Waals surface area contributed by atoms with Crippen LogP contribution in [0.1, 0.15) is 74.8 Å². The molecule has 0 radical (unpaired) electrons. The molecule has 1 aliphatic heterocycles. The second-order valence-electron chi connectivity index (χ2n) is 9.80. The topological polar surface area (TPSA) is 55.8 Å². The average molecular weight is 409 g/mol. The lowest BCUT2D eigenvalue weighted by Crippen LogP contribution is -2.28. The first-order valence-corrected chi connectivity index (χ1v) is 11.0. The summed E-state index contributed by atoms with van der Waals surface area (Å²) >= 11 is 0. The molecule has 0 amide bonds. The molecule has 2 aromatic rings. The van der Waals surface area contributed by atoms with Crippen LogP contribution in [0.25, 0.3) is 11.1 Å². The van der Waals surface area contributed by atoms with E-state index in [9.17, 15) is 9.90 Å². The van der Waals surface area contributed by atoms with Gasteiger partial charge in [-0.05, 0) is 98.7 Å². The fraction of sp³-hybridized carbons (Fsp3) is 0.500. The van der Waals surface area contributed by atoms with Gasteiger partial charge in [0.1, 0.15) is 5.75 Å². The Morgan fingerprint density at radius 1 is 1.23 bits per heavy atom. The van der Waals surface area contributed by atoms with Gasteiger partial charge >= 0.3 is 5.97 Å². The number of carboxylic acids is 1. The summed E-state index contributed by atoms with van der Waals surface area (Å²) in [5, 5.41) is 10.1. The monoisotopic (exact) mass is 408 g/mol. The minimum Gasteiger partial charge on any atom is -0.493 e. The van der Waals surface area contributed by atoms with Gasteiger partial charge in [-0.2, -0.15) is 0 Å². The second kappa shape index (κ2) is 7.73. The highest BCUT2D eigenvalue weighted by molar-refractivity contribution is 5.83. The molecule has 30 heavy (non-hydrogen) atoms. The Balaban J connectivity index is 1.93. The molecule has 0 spiro atoms. The summed E-state index contributed by atoms with van der Waals surface area (Å²) in [5.74, 6) is 1.08. The van der Waals surface area contributed by atoms with Gasteiger partial charge in [-0.25, -0.2) is 4.79 Å². The lowest BCUT2D eigenvalue weighted by atomic mass is 9.85. The maximum atomic E-state index is 12.4. The van der Waals surface area contributed by atoms with Crippen LogP contribution in [-0.2, 0) is 16.0 Å². The van der Waals surface area contributed by atoms with Gasteiger partial charge < -0.3 is 14.6 Å². The number of hydrogen-bond acceptors (Lipinski definition) is 3. The molecule has 3 atom stereocenters. The van der Waals surface area contributed by atoms with Crippen LogP contribution < -0.4 is 4.74 Å². The van der Waals surface area contributed by atoms with Crippen LogP contribution in [0, 0.1) is 12.8 Å². The Morgan fingerprint density at radius 2 is 1.97 bits per heavy atom. The van der Waals surface area contributed by atoms with Gasteiger partial charge in [-0.15, -0.1) is 0 Å². The molecule has 1 fully saturated rings. The SMILES string of the molecule is Cc1ccc(C2CC2C)c(-c2ccc3c(c2)CCCO3)c1C(OC(C)(C)C)C(=O)O. The molecule has 2 aromatic carbocycles. The fourth-order valence-electron chi connectivity index (χ4n) is 4.57. The highest BCUT2D eigenvalue weighted by Crippen LogP contribution is 2.52. The number of carbonyl (C=O) groups is 1. The van der Waals surface area contributed by atoms with Gasteiger partial charge in [0.2, 0.25) is 0 Å². The number of fused-ring (bicyclic) bond motifs is 1. The van der Waals surface area contributed by atoms with E-state index in [0.29, 0.717) is 11.8 Å². The van der Waals surface area contributed by atoms with E-state index in [1.807, 2.05) is 33.8 Å². The summed E-state index contributed by atoms with van der Waals surface area (Å²) in [7, 11) is 0. The van der Waals surface area contributed by atoms with Gasteiger partial charge in [-0.3, -0.25) is 0 Å². The molecular formula is C26H32O4. The van der Waals surface area contributed by atoms with Crippen molar-refractivity contribution in [2.24, 2.45) is 5.92 Å². The van der Waals surface area contributed by atoms with Crippen molar-refractivity contribution in [2.45, 2.75) is 71.5 Å². The molecule has 160 valence electrons. The summed E-state index contributed by atoms with van der Waals surface area (Å²) in [5.41, 5.74) is 5.70. The van der Waals surface area contributed by atoms with E-state index in [1.54, 1.807) is 0 Å². The lowest BCUT2D eigenvalue weighted by Gasteiger charge is -2.29. The number of carboxylic acid groups (broad SMARTS) is 1. The smallest absolute Gasteiger partial charge is 0.337 e. The molecule has 1 heterocycles. The maximum absolute atomic E-state index is 12.4. The number of aryl methyl sites for hydroxylation is 2. The zero-order valence-corrected chi connectivity index (χ0v) is 18.6. The first-order chi connectivity index (χ1) is 14.2. The summed E-state index contributed by atoms with van der Waals surface area (Å²) in [4.78, 5) is 12.4. The quantitative estimate of drug-likeness (QED) is 0.654. The highest BCUT2D eigenvalue weighted by atomic mass is 16.5. The summed E-state index contributed by atoms with van der Waals surface area (Å²) in [6, 6.07) is 10.6. The van der Waals surface area contributed by atoms with Gasteiger partial charge in [0.15, 0.2) is 6.10 Å². The summed E-state index contributed by atoms with van der Waals surface area (Å²) < 4.78 is 11.9. The van der Waals surface area contributed by atoms with Crippen LogP contribution in [-0.4, -0.2) is 23.3 Å². The van der Waals surface area contributed by atoms with Crippen LogP contribution in [0.4, 0.5) is 0 Å². The number of benzene rings is 2. The van der Waals surface area contributed by atoms with E-state index in [4.69, 9.17) is 9.47 Å². The Hall–Kier alpha value is -2.33. The van der Waals surface area contributed by atoms with Crippen molar-refractivity contribution in [3.05, 3.63) is 52.6 Å². The molecule has 3 unspecified atom stereocenters. The molecule has 4 heteroatoms. The zero-order valence-electron chi connectivity index (χ0n) is 18.6. The fourth-order valence-corrected chi connectivity index (χ4v) is 4.57. The lowest BCUT2D eigenvalue weighted by molar-refractivity contribution is -0.160. The van der Waals surface area contributed by atoms with E-state index < -0.39 is 17.7 Å². The summed E-state index contributed by atoms with van der Waals surface area (Å²) in [6.07, 6.45) is 2.12. The second-order valence-corrected chi connectivity index (χ2v) is 9.80. The molecule has 4 nitrogen and oxygen atoms in total. The first kappa shape index (κ1) is 20.9. The average Bonchev–Trinajstić information content (AvgIpc) is 3.41. The van der Waals surface area contributed by atoms with Crippen molar-refractivity contribution in [3.63, 3.8) is 0 Å². The molecule has 0 bridgehead atoms. The van der Waals surface area contributed by atoms with Crippen molar-refractivity contribution in [3.8, 4) is 16.9 Å². The molecule has 1 N–H and O–H groups in total. The van der Waals surface area contributed by atoms with Gasteiger partial charge in [0, 0.05) is 5.56 Å². The third kappa shape index (κ3) is 4.11. The Morgan fingerprint density at radius 3 is 2.60 bits per heavy atom. The number of rotatable bonds is 5. The summed E-state index contributed by atoms with van der Waals surface area (Å²) in [6.45, 7) is 10.7. The molecular weight excluding hydrogens is 376 g/mol. The molecule has 0 aromatic heterocycles. The predicted octanol–water partition coefficient (Wildman–Crippen LogP) is 6.05. The molecule has 1 aliphatic carbocycles. The third-order valence-corrected chi connectivity index (χ3v) is 6.16. The van der Waals surface area contributed by atoms with Crippen molar-refractivity contribution >= 4 is 5.97 Å². The molecule has 1 saturated carbocycles. The Kier molecular flexibility index (Phi) is 5.39.